The summed E-state index contributed by atoms with van der Waals surface area (Å²) in [6.45, 7) is 4.28. The molecule has 0 spiro atoms. The summed E-state index contributed by atoms with van der Waals surface area (Å²) in [6.07, 6.45) is 3.44. The maximum atomic E-state index is 12.8. The summed E-state index contributed by atoms with van der Waals surface area (Å²) < 4.78 is 7.24. The molecule has 0 N–H and O–H groups in total. The van der Waals surface area contributed by atoms with Crippen molar-refractivity contribution in [3.63, 3.8) is 0 Å². The summed E-state index contributed by atoms with van der Waals surface area (Å²) in [5.41, 5.74) is 3.70. The number of carbonyl (C=O) groups excluding carboxylic acids is 1. The predicted molar refractivity (Wildman–Crippen MR) is 127 cm³/mol. The second-order valence-corrected chi connectivity index (χ2v) is 8.51. The van der Waals surface area contributed by atoms with Crippen molar-refractivity contribution < 1.29 is 9.53 Å². The second-order valence-electron chi connectivity index (χ2n) is 7.56. The maximum absolute atomic E-state index is 12.8. The molecule has 32 heavy (non-hydrogen) atoms. The molecule has 2 heterocycles. The van der Waals surface area contributed by atoms with E-state index >= 15 is 0 Å². The zero-order chi connectivity index (χ0) is 22.5. The molecule has 0 saturated heterocycles. The first-order chi connectivity index (χ1) is 15.6. The van der Waals surface area contributed by atoms with E-state index in [9.17, 15) is 4.79 Å². The van der Waals surface area contributed by atoms with Crippen molar-refractivity contribution in [2.45, 2.75) is 24.9 Å². The van der Waals surface area contributed by atoms with Crippen LogP contribution in [0.1, 0.15) is 35.7 Å². The first-order valence-corrected chi connectivity index (χ1v) is 11.3. The standard InChI is InChI=1S/C25H24N4O2S/c1-17(2)18-4-6-19(7-5-18)23(30)16-32-25-28-27-24(20-12-14-26-15-13-20)29(25)21-8-10-22(31-3)11-9-21/h4-15,17H,16H2,1-3H3. The van der Waals surface area contributed by atoms with Crippen LogP contribution in [0.5, 0.6) is 5.75 Å². The third-order valence-electron chi connectivity index (χ3n) is 5.13. The van der Waals surface area contributed by atoms with Gasteiger partial charge < -0.3 is 4.74 Å². The molecule has 0 unspecified atom stereocenters. The van der Waals surface area contributed by atoms with E-state index in [4.69, 9.17) is 4.74 Å². The largest absolute Gasteiger partial charge is 0.497 e. The van der Waals surface area contributed by atoms with Gasteiger partial charge in [-0.2, -0.15) is 0 Å². The third kappa shape index (κ3) is 4.73. The number of hydrogen-bond donors (Lipinski definition) is 0. The van der Waals surface area contributed by atoms with Crippen LogP contribution in [0, 0.1) is 0 Å². The van der Waals surface area contributed by atoms with E-state index in [1.165, 1.54) is 17.3 Å². The molecule has 4 rings (SSSR count). The molecular formula is C25H24N4O2S. The van der Waals surface area contributed by atoms with Crippen LogP contribution >= 0.6 is 11.8 Å². The van der Waals surface area contributed by atoms with Gasteiger partial charge >= 0.3 is 0 Å². The van der Waals surface area contributed by atoms with Crippen molar-refractivity contribution >= 4 is 17.5 Å². The van der Waals surface area contributed by atoms with Gasteiger partial charge in [-0.25, -0.2) is 0 Å². The SMILES string of the molecule is COc1ccc(-n2c(SCC(=O)c3ccc(C(C)C)cc3)nnc2-c2ccncc2)cc1. The molecule has 0 bridgehead atoms. The average Bonchev–Trinajstić information content (AvgIpc) is 3.27. The monoisotopic (exact) mass is 444 g/mol. The topological polar surface area (TPSA) is 69.9 Å². The highest BCUT2D eigenvalue weighted by Crippen LogP contribution is 2.29. The first kappa shape index (κ1) is 21.8. The molecular weight excluding hydrogens is 420 g/mol. The summed E-state index contributed by atoms with van der Waals surface area (Å²) in [5, 5.41) is 9.44. The van der Waals surface area contributed by atoms with E-state index in [1.807, 2.05) is 65.2 Å². The van der Waals surface area contributed by atoms with Crippen molar-refractivity contribution in [1.82, 2.24) is 19.7 Å². The fourth-order valence-electron chi connectivity index (χ4n) is 3.28. The molecule has 4 aromatic rings. The molecule has 7 heteroatoms. The van der Waals surface area contributed by atoms with Crippen LogP contribution in [0.2, 0.25) is 0 Å². The number of thioether (sulfide) groups is 1. The lowest BCUT2D eigenvalue weighted by Crippen LogP contribution is -2.05. The molecule has 2 aromatic carbocycles. The van der Waals surface area contributed by atoms with Crippen LogP contribution < -0.4 is 4.74 Å². The number of aromatic nitrogens is 4. The molecule has 0 aliphatic heterocycles. The highest BCUT2D eigenvalue weighted by atomic mass is 32.2. The zero-order valence-electron chi connectivity index (χ0n) is 18.2. The van der Waals surface area contributed by atoms with E-state index in [-0.39, 0.29) is 11.5 Å². The van der Waals surface area contributed by atoms with Gasteiger partial charge in [-0.05, 0) is 47.9 Å². The van der Waals surface area contributed by atoms with Gasteiger partial charge in [0.05, 0.1) is 12.9 Å². The number of Topliss-reactive ketones (excluding diaryl/α,β-unsaturated/α-hetero) is 1. The molecule has 0 fully saturated rings. The highest BCUT2D eigenvalue weighted by molar-refractivity contribution is 7.99. The molecule has 0 atom stereocenters. The van der Waals surface area contributed by atoms with Crippen LogP contribution in [0.4, 0.5) is 0 Å². The van der Waals surface area contributed by atoms with Gasteiger partial charge in [0, 0.05) is 29.2 Å². The Labute approximate surface area is 191 Å². The second kappa shape index (κ2) is 9.78. The molecule has 0 saturated carbocycles. The van der Waals surface area contributed by atoms with Gasteiger partial charge in [0.2, 0.25) is 0 Å². The predicted octanol–water partition coefficient (Wildman–Crippen LogP) is 5.44. The molecule has 2 aromatic heterocycles. The molecule has 0 radical (unpaired) electrons. The van der Waals surface area contributed by atoms with Gasteiger partial charge in [-0.15, -0.1) is 10.2 Å². The first-order valence-electron chi connectivity index (χ1n) is 10.3. The Morgan fingerprint density at radius 1 is 0.969 bits per heavy atom. The van der Waals surface area contributed by atoms with Gasteiger partial charge in [0.1, 0.15) is 5.75 Å². The number of benzene rings is 2. The van der Waals surface area contributed by atoms with E-state index in [2.05, 4.69) is 29.0 Å². The van der Waals surface area contributed by atoms with Crippen LogP contribution in [-0.2, 0) is 0 Å². The minimum atomic E-state index is 0.0556. The van der Waals surface area contributed by atoms with Crippen molar-refractivity contribution in [1.29, 1.82) is 0 Å². The lowest BCUT2D eigenvalue weighted by molar-refractivity contribution is 0.102. The van der Waals surface area contributed by atoms with Crippen molar-refractivity contribution in [2.75, 3.05) is 12.9 Å². The third-order valence-corrected chi connectivity index (χ3v) is 6.06. The summed E-state index contributed by atoms with van der Waals surface area (Å²) in [7, 11) is 1.64. The van der Waals surface area contributed by atoms with E-state index < -0.39 is 0 Å². The Hall–Kier alpha value is -3.45. The van der Waals surface area contributed by atoms with Crippen molar-refractivity contribution in [2.24, 2.45) is 0 Å². The average molecular weight is 445 g/mol. The number of nitrogens with zero attached hydrogens (tertiary/aromatic N) is 4. The Bertz CT molecular complexity index is 1190. The number of pyridine rings is 1. The van der Waals surface area contributed by atoms with Crippen LogP contribution in [0.15, 0.2) is 78.2 Å². The summed E-state index contributed by atoms with van der Waals surface area (Å²) in [4.78, 5) is 16.9. The normalized spacial score (nSPS) is 11.0. The number of rotatable bonds is 8. The van der Waals surface area contributed by atoms with Crippen molar-refractivity contribution in [3.8, 4) is 22.8 Å². The van der Waals surface area contributed by atoms with Gasteiger partial charge in [-0.1, -0.05) is 49.9 Å². The Morgan fingerprint density at radius 2 is 1.66 bits per heavy atom. The zero-order valence-corrected chi connectivity index (χ0v) is 19.0. The fraction of sp³-hybridized carbons (Fsp3) is 0.200. The van der Waals surface area contributed by atoms with Gasteiger partial charge in [0.15, 0.2) is 16.8 Å². The highest BCUT2D eigenvalue weighted by Gasteiger charge is 2.18. The van der Waals surface area contributed by atoms with Crippen LogP contribution in [0.3, 0.4) is 0 Å². The number of hydrogen-bond acceptors (Lipinski definition) is 6. The Morgan fingerprint density at radius 3 is 2.28 bits per heavy atom. The molecule has 0 amide bonds. The molecule has 162 valence electrons. The van der Waals surface area contributed by atoms with Crippen LogP contribution in [-0.4, -0.2) is 38.4 Å². The van der Waals surface area contributed by atoms with Gasteiger partial charge in [-0.3, -0.25) is 14.3 Å². The summed E-state index contributed by atoms with van der Waals surface area (Å²) in [6, 6.07) is 19.3. The fourth-order valence-corrected chi connectivity index (χ4v) is 4.13. The van der Waals surface area contributed by atoms with Gasteiger partial charge in [0.25, 0.3) is 0 Å². The molecule has 0 aliphatic carbocycles. The minimum absolute atomic E-state index is 0.0556. The smallest absolute Gasteiger partial charge is 0.196 e. The lowest BCUT2D eigenvalue weighted by Gasteiger charge is -2.11. The van der Waals surface area contributed by atoms with E-state index in [0.717, 1.165) is 17.0 Å². The number of ketones is 1. The maximum Gasteiger partial charge on any atom is 0.196 e. The summed E-state index contributed by atoms with van der Waals surface area (Å²) >= 11 is 1.37. The minimum Gasteiger partial charge on any atom is -0.497 e. The molecule has 6 nitrogen and oxygen atoms in total. The van der Waals surface area contributed by atoms with Crippen LogP contribution in [0.25, 0.3) is 17.1 Å². The van der Waals surface area contributed by atoms with E-state index in [1.54, 1.807) is 19.5 Å². The quantitative estimate of drug-likeness (QED) is 0.266. The summed E-state index contributed by atoms with van der Waals surface area (Å²) in [5.74, 6) is 2.21. The number of carbonyl (C=O) groups is 1. The van der Waals surface area contributed by atoms with E-state index in [0.29, 0.717) is 22.5 Å². The number of ether oxygens (including phenoxy) is 1. The lowest BCUT2D eigenvalue weighted by atomic mass is 10.0. The molecule has 0 aliphatic rings. The van der Waals surface area contributed by atoms with Crippen molar-refractivity contribution in [3.05, 3.63) is 84.2 Å². The Kier molecular flexibility index (Phi) is 6.66. The Balaban J connectivity index is 1.62. The number of methoxy groups -OCH3 is 1.